The number of rotatable bonds is 5. The van der Waals surface area contributed by atoms with Crippen molar-refractivity contribution in [2.24, 2.45) is 5.73 Å². The van der Waals surface area contributed by atoms with E-state index in [-0.39, 0.29) is 5.91 Å². The Morgan fingerprint density at radius 3 is 2.52 bits per heavy atom. The van der Waals surface area contributed by atoms with Crippen LogP contribution in [0.15, 0.2) is 48.7 Å². The first-order valence-corrected chi connectivity index (χ1v) is 7.28. The van der Waals surface area contributed by atoms with Crippen LogP contribution in [0.3, 0.4) is 0 Å². The molecule has 0 aliphatic heterocycles. The lowest BCUT2D eigenvalue weighted by molar-refractivity contribution is 0.0727. The number of benzene rings is 1. The van der Waals surface area contributed by atoms with Crippen molar-refractivity contribution in [1.82, 2.24) is 9.88 Å². The number of hydrogen-bond acceptors (Lipinski definition) is 3. The van der Waals surface area contributed by atoms with Crippen LogP contribution >= 0.6 is 0 Å². The molecule has 4 heteroatoms. The highest BCUT2D eigenvalue weighted by Gasteiger charge is 2.33. The van der Waals surface area contributed by atoms with Crippen molar-refractivity contribution in [1.29, 1.82) is 0 Å². The number of pyridine rings is 1. The third kappa shape index (κ3) is 3.28. The van der Waals surface area contributed by atoms with E-state index in [0.717, 1.165) is 29.7 Å². The van der Waals surface area contributed by atoms with Gasteiger partial charge in [-0.25, -0.2) is 0 Å². The number of amides is 1. The van der Waals surface area contributed by atoms with Crippen molar-refractivity contribution < 1.29 is 4.79 Å². The molecule has 1 amide bonds. The molecule has 0 atom stereocenters. The fraction of sp³-hybridized carbons (Fsp3) is 0.294. The van der Waals surface area contributed by atoms with Crippen molar-refractivity contribution in [3.63, 3.8) is 0 Å². The van der Waals surface area contributed by atoms with Crippen LogP contribution in [0.4, 0.5) is 0 Å². The molecule has 21 heavy (non-hydrogen) atoms. The number of nitrogens with zero attached hydrogens (tertiary/aromatic N) is 2. The van der Waals surface area contributed by atoms with E-state index < -0.39 is 0 Å². The van der Waals surface area contributed by atoms with Crippen LogP contribution < -0.4 is 5.73 Å². The minimum atomic E-state index is 0.0757. The monoisotopic (exact) mass is 281 g/mol. The highest BCUT2D eigenvalue weighted by Crippen LogP contribution is 2.29. The van der Waals surface area contributed by atoms with Gasteiger partial charge in [-0.05, 0) is 42.7 Å². The summed E-state index contributed by atoms with van der Waals surface area (Å²) in [7, 11) is 0. The molecule has 3 rings (SSSR count). The summed E-state index contributed by atoms with van der Waals surface area (Å²) < 4.78 is 0. The molecule has 0 radical (unpaired) electrons. The fourth-order valence-electron chi connectivity index (χ4n) is 2.37. The Labute approximate surface area is 124 Å². The molecule has 1 aromatic carbocycles. The molecule has 0 spiro atoms. The van der Waals surface area contributed by atoms with Gasteiger partial charge in [0.1, 0.15) is 0 Å². The van der Waals surface area contributed by atoms with Gasteiger partial charge in [-0.2, -0.15) is 0 Å². The standard InChI is InChI=1S/C17H19N3O/c18-11-13-4-6-14(7-5-13)17(21)20(16-8-9-16)12-15-3-1-2-10-19-15/h1-7,10,16H,8-9,11-12,18H2. The van der Waals surface area contributed by atoms with Crippen LogP contribution in [-0.2, 0) is 13.1 Å². The second kappa shape index (κ2) is 6.06. The Kier molecular flexibility index (Phi) is 3.97. The number of carbonyl (C=O) groups excluding carboxylic acids is 1. The first kappa shape index (κ1) is 13.8. The zero-order chi connectivity index (χ0) is 14.7. The SMILES string of the molecule is NCc1ccc(C(=O)N(Cc2ccccn2)C2CC2)cc1. The Hall–Kier alpha value is -2.20. The lowest BCUT2D eigenvalue weighted by Gasteiger charge is -2.22. The molecule has 2 aromatic rings. The molecular formula is C17H19N3O. The predicted molar refractivity (Wildman–Crippen MR) is 81.5 cm³/mol. The second-order valence-corrected chi connectivity index (χ2v) is 5.39. The summed E-state index contributed by atoms with van der Waals surface area (Å²) in [6.07, 6.45) is 3.93. The molecule has 0 saturated heterocycles. The van der Waals surface area contributed by atoms with Gasteiger partial charge in [-0.1, -0.05) is 18.2 Å². The molecule has 2 N–H and O–H groups in total. The lowest BCUT2D eigenvalue weighted by Crippen LogP contribution is -2.32. The van der Waals surface area contributed by atoms with Crippen molar-refractivity contribution >= 4 is 5.91 Å². The van der Waals surface area contributed by atoms with Crippen LogP contribution in [0.5, 0.6) is 0 Å². The third-order valence-electron chi connectivity index (χ3n) is 3.74. The highest BCUT2D eigenvalue weighted by molar-refractivity contribution is 5.94. The highest BCUT2D eigenvalue weighted by atomic mass is 16.2. The van der Waals surface area contributed by atoms with E-state index in [0.29, 0.717) is 19.1 Å². The average Bonchev–Trinajstić information content (AvgIpc) is 3.38. The largest absolute Gasteiger partial charge is 0.330 e. The predicted octanol–water partition coefficient (Wildman–Crippen LogP) is 2.35. The van der Waals surface area contributed by atoms with Gasteiger partial charge >= 0.3 is 0 Å². The fourth-order valence-corrected chi connectivity index (χ4v) is 2.37. The van der Waals surface area contributed by atoms with Crippen molar-refractivity contribution in [2.45, 2.75) is 32.0 Å². The molecule has 1 aromatic heterocycles. The van der Waals surface area contributed by atoms with E-state index in [1.54, 1.807) is 6.20 Å². The molecule has 1 heterocycles. The molecule has 108 valence electrons. The Morgan fingerprint density at radius 1 is 1.19 bits per heavy atom. The molecule has 1 fully saturated rings. The minimum absolute atomic E-state index is 0.0757. The maximum Gasteiger partial charge on any atom is 0.254 e. The summed E-state index contributed by atoms with van der Waals surface area (Å²) in [6.45, 7) is 1.07. The van der Waals surface area contributed by atoms with Gasteiger partial charge in [-0.3, -0.25) is 9.78 Å². The normalized spacial score (nSPS) is 14.0. The topological polar surface area (TPSA) is 59.2 Å². The van der Waals surface area contributed by atoms with E-state index >= 15 is 0 Å². The van der Waals surface area contributed by atoms with Gasteiger partial charge in [0.05, 0.1) is 12.2 Å². The first-order valence-electron chi connectivity index (χ1n) is 7.28. The van der Waals surface area contributed by atoms with E-state index in [2.05, 4.69) is 4.98 Å². The molecule has 1 saturated carbocycles. The van der Waals surface area contributed by atoms with E-state index in [4.69, 9.17) is 5.73 Å². The molecular weight excluding hydrogens is 262 g/mol. The summed E-state index contributed by atoms with van der Waals surface area (Å²) in [6, 6.07) is 13.7. The van der Waals surface area contributed by atoms with Gasteiger partial charge in [0, 0.05) is 24.3 Å². The van der Waals surface area contributed by atoms with Crippen LogP contribution in [0.1, 0.15) is 34.5 Å². The maximum atomic E-state index is 12.7. The third-order valence-corrected chi connectivity index (χ3v) is 3.74. The van der Waals surface area contributed by atoms with Gasteiger partial charge in [0.2, 0.25) is 0 Å². The number of hydrogen-bond donors (Lipinski definition) is 1. The van der Waals surface area contributed by atoms with E-state index in [9.17, 15) is 4.79 Å². The second-order valence-electron chi connectivity index (χ2n) is 5.39. The van der Waals surface area contributed by atoms with Crippen LogP contribution in [0.2, 0.25) is 0 Å². The number of carbonyl (C=O) groups is 1. The van der Waals surface area contributed by atoms with Crippen molar-refractivity contribution in [2.75, 3.05) is 0 Å². The van der Waals surface area contributed by atoms with Crippen molar-refractivity contribution in [3.05, 3.63) is 65.5 Å². The zero-order valence-corrected chi connectivity index (χ0v) is 11.9. The Morgan fingerprint density at radius 2 is 1.95 bits per heavy atom. The molecule has 4 nitrogen and oxygen atoms in total. The maximum absolute atomic E-state index is 12.7. The number of nitrogens with two attached hydrogens (primary N) is 1. The van der Waals surface area contributed by atoms with E-state index in [1.807, 2.05) is 47.4 Å². The number of aromatic nitrogens is 1. The van der Waals surface area contributed by atoms with E-state index in [1.165, 1.54) is 0 Å². The molecule has 0 unspecified atom stereocenters. The smallest absolute Gasteiger partial charge is 0.254 e. The van der Waals surface area contributed by atoms with Crippen LogP contribution in [0, 0.1) is 0 Å². The average molecular weight is 281 g/mol. The quantitative estimate of drug-likeness (QED) is 0.915. The molecule has 1 aliphatic carbocycles. The minimum Gasteiger partial charge on any atom is -0.330 e. The molecule has 1 aliphatic rings. The summed E-state index contributed by atoms with van der Waals surface area (Å²) >= 11 is 0. The summed E-state index contributed by atoms with van der Waals surface area (Å²) in [5.41, 5.74) is 8.27. The lowest BCUT2D eigenvalue weighted by atomic mass is 10.1. The van der Waals surface area contributed by atoms with Gasteiger partial charge in [0.25, 0.3) is 5.91 Å². The van der Waals surface area contributed by atoms with Crippen LogP contribution in [-0.4, -0.2) is 21.8 Å². The van der Waals surface area contributed by atoms with Gasteiger partial charge in [0.15, 0.2) is 0 Å². The van der Waals surface area contributed by atoms with Gasteiger partial charge < -0.3 is 10.6 Å². The summed E-state index contributed by atoms with van der Waals surface area (Å²) in [5, 5.41) is 0. The zero-order valence-electron chi connectivity index (χ0n) is 11.9. The first-order chi connectivity index (χ1) is 10.3. The van der Waals surface area contributed by atoms with Gasteiger partial charge in [-0.15, -0.1) is 0 Å². The summed E-state index contributed by atoms with van der Waals surface area (Å²) in [5.74, 6) is 0.0757. The van der Waals surface area contributed by atoms with Crippen LogP contribution in [0.25, 0.3) is 0 Å². The summed E-state index contributed by atoms with van der Waals surface area (Å²) in [4.78, 5) is 18.9. The van der Waals surface area contributed by atoms with Crippen molar-refractivity contribution in [3.8, 4) is 0 Å². The Bertz CT molecular complexity index is 606. The molecule has 0 bridgehead atoms. The Balaban J connectivity index is 1.78.